The monoisotopic (exact) mass is 336 g/mol. The summed E-state index contributed by atoms with van der Waals surface area (Å²) in [6.07, 6.45) is 4.03. The standard InChI is InChI=1S/C17H28N4OS/c1-17(2,3)15-13(11-18-19-15)12-21-6-4-5-14(21)16(22)20-7-9-23-10-8-20/h11,14H,4-10,12H2,1-3H3,(H,18,19)/t14-/m0/s1. The van der Waals surface area contributed by atoms with E-state index in [-0.39, 0.29) is 11.5 Å². The zero-order chi connectivity index (χ0) is 16.4. The van der Waals surface area contributed by atoms with Crippen molar-refractivity contribution < 1.29 is 4.79 Å². The number of amides is 1. The Bertz CT molecular complexity index is 545. The molecule has 2 saturated heterocycles. The molecule has 1 amide bonds. The van der Waals surface area contributed by atoms with Crippen molar-refractivity contribution in [3.8, 4) is 0 Å². The maximum absolute atomic E-state index is 12.9. The fraction of sp³-hybridized carbons (Fsp3) is 0.765. The molecule has 0 bridgehead atoms. The van der Waals surface area contributed by atoms with Crippen molar-refractivity contribution in [2.75, 3.05) is 31.1 Å². The summed E-state index contributed by atoms with van der Waals surface area (Å²) in [5, 5.41) is 7.39. The first-order valence-electron chi connectivity index (χ1n) is 8.60. The molecular weight excluding hydrogens is 308 g/mol. The third-order valence-corrected chi connectivity index (χ3v) is 5.76. The molecule has 2 fully saturated rings. The summed E-state index contributed by atoms with van der Waals surface area (Å²) < 4.78 is 0. The number of rotatable bonds is 3. The first-order chi connectivity index (χ1) is 11.0. The molecule has 0 saturated carbocycles. The van der Waals surface area contributed by atoms with Gasteiger partial charge in [-0.15, -0.1) is 0 Å². The van der Waals surface area contributed by atoms with Crippen molar-refractivity contribution in [2.24, 2.45) is 0 Å². The van der Waals surface area contributed by atoms with E-state index >= 15 is 0 Å². The molecule has 1 aromatic heterocycles. The van der Waals surface area contributed by atoms with E-state index < -0.39 is 0 Å². The topological polar surface area (TPSA) is 52.2 Å². The molecule has 0 unspecified atom stereocenters. The van der Waals surface area contributed by atoms with Gasteiger partial charge in [0, 0.05) is 47.8 Å². The fourth-order valence-electron chi connectivity index (χ4n) is 3.59. The number of nitrogens with one attached hydrogen (secondary N) is 1. The molecule has 0 radical (unpaired) electrons. The molecule has 0 spiro atoms. The van der Waals surface area contributed by atoms with Crippen LogP contribution in [-0.2, 0) is 16.8 Å². The number of carbonyl (C=O) groups excluding carboxylic acids is 1. The van der Waals surface area contributed by atoms with Gasteiger partial charge in [-0.05, 0) is 19.4 Å². The first-order valence-corrected chi connectivity index (χ1v) is 9.75. The van der Waals surface area contributed by atoms with Crippen LogP contribution >= 0.6 is 11.8 Å². The molecule has 0 aliphatic carbocycles. The molecular formula is C17H28N4OS. The lowest BCUT2D eigenvalue weighted by Crippen LogP contribution is -2.48. The van der Waals surface area contributed by atoms with Gasteiger partial charge in [-0.25, -0.2) is 0 Å². The van der Waals surface area contributed by atoms with Gasteiger partial charge in [0.2, 0.25) is 5.91 Å². The summed E-state index contributed by atoms with van der Waals surface area (Å²) in [7, 11) is 0. The van der Waals surface area contributed by atoms with Crippen molar-refractivity contribution >= 4 is 17.7 Å². The number of aromatic nitrogens is 2. The predicted molar refractivity (Wildman–Crippen MR) is 94.6 cm³/mol. The van der Waals surface area contributed by atoms with Gasteiger partial charge in [0.05, 0.1) is 12.2 Å². The van der Waals surface area contributed by atoms with Crippen LogP contribution in [0.25, 0.3) is 0 Å². The molecule has 2 aliphatic heterocycles. The maximum atomic E-state index is 12.9. The Balaban J connectivity index is 1.70. The van der Waals surface area contributed by atoms with Gasteiger partial charge >= 0.3 is 0 Å². The van der Waals surface area contributed by atoms with Crippen LogP contribution in [0.1, 0.15) is 44.9 Å². The summed E-state index contributed by atoms with van der Waals surface area (Å²) in [6.45, 7) is 10.2. The van der Waals surface area contributed by atoms with Crippen LogP contribution in [0.2, 0.25) is 0 Å². The van der Waals surface area contributed by atoms with Gasteiger partial charge in [0.1, 0.15) is 0 Å². The molecule has 6 heteroatoms. The highest BCUT2D eigenvalue weighted by atomic mass is 32.2. The second-order valence-corrected chi connectivity index (χ2v) is 8.81. The van der Waals surface area contributed by atoms with Gasteiger partial charge in [-0.3, -0.25) is 14.8 Å². The number of carbonyl (C=O) groups is 1. The van der Waals surface area contributed by atoms with E-state index in [4.69, 9.17) is 0 Å². The highest BCUT2D eigenvalue weighted by molar-refractivity contribution is 7.99. The van der Waals surface area contributed by atoms with Crippen LogP contribution < -0.4 is 0 Å². The number of hydrogen-bond donors (Lipinski definition) is 1. The van der Waals surface area contributed by atoms with Gasteiger partial charge in [0.15, 0.2) is 0 Å². The van der Waals surface area contributed by atoms with E-state index in [0.717, 1.165) is 50.5 Å². The number of H-pyrrole nitrogens is 1. The second kappa shape index (κ2) is 6.85. The minimum Gasteiger partial charge on any atom is -0.340 e. The van der Waals surface area contributed by atoms with Crippen molar-refractivity contribution in [3.05, 3.63) is 17.5 Å². The summed E-state index contributed by atoms with van der Waals surface area (Å²) in [5.41, 5.74) is 2.46. The third kappa shape index (κ3) is 3.74. The van der Waals surface area contributed by atoms with E-state index in [1.165, 1.54) is 11.3 Å². The average Bonchev–Trinajstić information content (AvgIpc) is 3.16. The quantitative estimate of drug-likeness (QED) is 0.920. The van der Waals surface area contributed by atoms with Crippen molar-refractivity contribution in [2.45, 2.75) is 51.6 Å². The Morgan fingerprint density at radius 3 is 2.78 bits per heavy atom. The normalized spacial score (nSPS) is 23.4. The van der Waals surface area contributed by atoms with Crippen LogP contribution in [0.3, 0.4) is 0 Å². The van der Waals surface area contributed by atoms with Crippen molar-refractivity contribution in [1.29, 1.82) is 0 Å². The molecule has 2 aliphatic rings. The number of nitrogens with zero attached hydrogens (tertiary/aromatic N) is 3. The Hall–Kier alpha value is -1.01. The average molecular weight is 337 g/mol. The summed E-state index contributed by atoms with van der Waals surface area (Å²) in [4.78, 5) is 17.3. The molecule has 1 aromatic rings. The minimum atomic E-state index is 0.0508. The second-order valence-electron chi connectivity index (χ2n) is 7.59. The van der Waals surface area contributed by atoms with E-state index in [9.17, 15) is 4.79 Å². The number of thioether (sulfide) groups is 1. The molecule has 1 atom stereocenters. The summed E-state index contributed by atoms with van der Waals surface area (Å²) in [5.74, 6) is 2.49. The Labute approximate surface area is 143 Å². The van der Waals surface area contributed by atoms with E-state index in [1.807, 2.05) is 18.0 Å². The van der Waals surface area contributed by atoms with Gasteiger partial charge in [0.25, 0.3) is 0 Å². The van der Waals surface area contributed by atoms with Crippen LogP contribution in [0.5, 0.6) is 0 Å². The summed E-state index contributed by atoms with van der Waals surface area (Å²) >= 11 is 1.95. The van der Waals surface area contributed by atoms with Crippen LogP contribution in [-0.4, -0.2) is 63.1 Å². The third-order valence-electron chi connectivity index (χ3n) is 4.81. The zero-order valence-electron chi connectivity index (χ0n) is 14.5. The molecule has 0 aromatic carbocycles. The number of likely N-dealkylation sites (tertiary alicyclic amines) is 1. The zero-order valence-corrected chi connectivity index (χ0v) is 15.3. The fourth-order valence-corrected chi connectivity index (χ4v) is 4.49. The highest BCUT2D eigenvalue weighted by Gasteiger charge is 2.35. The van der Waals surface area contributed by atoms with Crippen LogP contribution in [0.15, 0.2) is 6.20 Å². The summed E-state index contributed by atoms with van der Waals surface area (Å²) in [6, 6.07) is 0.0563. The van der Waals surface area contributed by atoms with Gasteiger partial charge < -0.3 is 4.90 Å². The smallest absolute Gasteiger partial charge is 0.239 e. The lowest BCUT2D eigenvalue weighted by atomic mass is 9.89. The van der Waals surface area contributed by atoms with Gasteiger partial charge in [-0.2, -0.15) is 16.9 Å². The molecule has 3 rings (SSSR count). The SMILES string of the molecule is CC(C)(C)c1[nH]ncc1CN1CCC[C@H]1C(=O)N1CCSCC1. The van der Waals surface area contributed by atoms with Crippen molar-refractivity contribution in [3.63, 3.8) is 0 Å². The number of hydrogen-bond acceptors (Lipinski definition) is 4. The van der Waals surface area contributed by atoms with Crippen LogP contribution in [0.4, 0.5) is 0 Å². The van der Waals surface area contributed by atoms with E-state index in [2.05, 4.69) is 40.8 Å². The molecule has 128 valence electrons. The van der Waals surface area contributed by atoms with Crippen LogP contribution in [0, 0.1) is 0 Å². The lowest BCUT2D eigenvalue weighted by molar-refractivity contribution is -0.135. The first kappa shape index (κ1) is 16.8. The molecule has 23 heavy (non-hydrogen) atoms. The van der Waals surface area contributed by atoms with Crippen molar-refractivity contribution in [1.82, 2.24) is 20.0 Å². The molecule has 1 N–H and O–H groups in total. The molecule has 5 nitrogen and oxygen atoms in total. The van der Waals surface area contributed by atoms with E-state index in [1.54, 1.807) is 0 Å². The number of aromatic amines is 1. The Morgan fingerprint density at radius 2 is 2.09 bits per heavy atom. The maximum Gasteiger partial charge on any atom is 0.239 e. The Morgan fingerprint density at radius 1 is 1.35 bits per heavy atom. The largest absolute Gasteiger partial charge is 0.340 e. The highest BCUT2D eigenvalue weighted by Crippen LogP contribution is 2.28. The Kier molecular flexibility index (Phi) is 5.01. The van der Waals surface area contributed by atoms with E-state index in [0.29, 0.717) is 5.91 Å². The minimum absolute atomic E-state index is 0.0508. The predicted octanol–water partition coefficient (Wildman–Crippen LogP) is 2.25. The lowest BCUT2D eigenvalue weighted by Gasteiger charge is -2.32. The molecule has 3 heterocycles. The van der Waals surface area contributed by atoms with Gasteiger partial charge in [-0.1, -0.05) is 20.8 Å².